The van der Waals surface area contributed by atoms with Crippen molar-refractivity contribution in [2.24, 2.45) is 5.92 Å². The van der Waals surface area contributed by atoms with Gasteiger partial charge in [-0.1, -0.05) is 56.9 Å². The van der Waals surface area contributed by atoms with Gasteiger partial charge in [-0.2, -0.15) is 5.26 Å². The summed E-state index contributed by atoms with van der Waals surface area (Å²) in [4.78, 5) is 14.1. The Morgan fingerprint density at radius 3 is 2.73 bits per heavy atom. The molecule has 0 aliphatic rings. The molecule has 1 unspecified atom stereocenters. The standard InChI is InChI=1S/C11H8N2.C8H16O/c1-8-2-3-10-9(6-8)4-5-13-11(10)7-12;1-3-4-5-6-8(2)7-9/h2-6H,1H3;7-8H,3-6H2,1-2H3. The lowest BCUT2D eigenvalue weighted by Crippen LogP contribution is -1.94. The second-order valence-electron chi connectivity index (χ2n) is 5.61. The summed E-state index contributed by atoms with van der Waals surface area (Å²) in [6.07, 6.45) is 7.48. The Balaban J connectivity index is 0.000000239. The molecule has 1 aromatic carbocycles. The molecule has 0 aliphatic heterocycles. The summed E-state index contributed by atoms with van der Waals surface area (Å²) in [6.45, 7) is 6.18. The lowest BCUT2D eigenvalue weighted by molar-refractivity contribution is -0.110. The van der Waals surface area contributed by atoms with Gasteiger partial charge in [-0.05, 0) is 24.8 Å². The number of benzene rings is 1. The number of aromatic nitrogens is 1. The number of carbonyl (C=O) groups excluding carboxylic acids is 1. The molecular weight excluding hydrogens is 272 g/mol. The maximum atomic E-state index is 10.1. The molecule has 116 valence electrons. The number of carbonyl (C=O) groups is 1. The van der Waals surface area contributed by atoms with E-state index in [1.54, 1.807) is 6.20 Å². The largest absolute Gasteiger partial charge is 0.303 e. The Kier molecular flexibility index (Phi) is 7.85. The minimum atomic E-state index is 0.275. The van der Waals surface area contributed by atoms with Crippen LogP contribution >= 0.6 is 0 Å². The van der Waals surface area contributed by atoms with E-state index in [9.17, 15) is 4.79 Å². The van der Waals surface area contributed by atoms with Crippen molar-refractivity contribution in [3.63, 3.8) is 0 Å². The summed E-state index contributed by atoms with van der Waals surface area (Å²) in [5.41, 5.74) is 1.69. The second kappa shape index (κ2) is 9.68. The molecule has 2 aromatic rings. The Hall–Kier alpha value is -2.21. The monoisotopic (exact) mass is 296 g/mol. The van der Waals surface area contributed by atoms with Gasteiger partial charge in [0.15, 0.2) is 0 Å². The van der Waals surface area contributed by atoms with Crippen molar-refractivity contribution in [1.82, 2.24) is 4.98 Å². The van der Waals surface area contributed by atoms with E-state index in [0.29, 0.717) is 5.69 Å². The van der Waals surface area contributed by atoms with Gasteiger partial charge in [0.25, 0.3) is 0 Å². The van der Waals surface area contributed by atoms with Crippen LogP contribution in [0.15, 0.2) is 30.5 Å². The molecule has 0 spiro atoms. The molecule has 1 heterocycles. The number of aryl methyl sites for hydroxylation is 1. The van der Waals surface area contributed by atoms with Crippen LogP contribution in [0.5, 0.6) is 0 Å². The summed E-state index contributed by atoms with van der Waals surface area (Å²) >= 11 is 0. The normalized spacial score (nSPS) is 11.2. The van der Waals surface area contributed by atoms with E-state index in [4.69, 9.17) is 5.26 Å². The van der Waals surface area contributed by atoms with Crippen LogP contribution in [0.25, 0.3) is 10.8 Å². The zero-order valence-corrected chi connectivity index (χ0v) is 13.7. The first kappa shape index (κ1) is 17.8. The molecule has 0 fully saturated rings. The summed E-state index contributed by atoms with van der Waals surface area (Å²) in [5.74, 6) is 0.275. The average molecular weight is 296 g/mol. The van der Waals surface area contributed by atoms with E-state index in [0.717, 1.165) is 23.5 Å². The lowest BCUT2D eigenvalue weighted by Gasteiger charge is -1.99. The van der Waals surface area contributed by atoms with Crippen molar-refractivity contribution in [3.05, 3.63) is 41.7 Å². The summed E-state index contributed by atoms with van der Waals surface area (Å²) < 4.78 is 0. The van der Waals surface area contributed by atoms with Crippen molar-refractivity contribution in [2.45, 2.75) is 46.5 Å². The van der Waals surface area contributed by atoms with Gasteiger partial charge < -0.3 is 4.79 Å². The molecule has 0 bridgehead atoms. The number of pyridine rings is 1. The molecule has 22 heavy (non-hydrogen) atoms. The van der Waals surface area contributed by atoms with Crippen molar-refractivity contribution in [3.8, 4) is 6.07 Å². The third-order valence-corrected chi connectivity index (χ3v) is 3.52. The van der Waals surface area contributed by atoms with E-state index in [1.165, 1.54) is 24.8 Å². The second-order valence-corrected chi connectivity index (χ2v) is 5.61. The van der Waals surface area contributed by atoms with Crippen LogP contribution in [-0.4, -0.2) is 11.3 Å². The van der Waals surface area contributed by atoms with Crippen molar-refractivity contribution in [2.75, 3.05) is 0 Å². The van der Waals surface area contributed by atoms with Crippen LogP contribution in [0.2, 0.25) is 0 Å². The number of fused-ring (bicyclic) bond motifs is 1. The highest BCUT2D eigenvalue weighted by Crippen LogP contribution is 2.17. The van der Waals surface area contributed by atoms with Gasteiger partial charge in [-0.25, -0.2) is 4.98 Å². The number of nitrogens with zero attached hydrogens (tertiary/aromatic N) is 2. The molecule has 0 saturated carbocycles. The molecule has 1 aromatic heterocycles. The van der Waals surface area contributed by atoms with Gasteiger partial charge in [0.1, 0.15) is 18.0 Å². The number of hydrogen-bond acceptors (Lipinski definition) is 3. The van der Waals surface area contributed by atoms with Crippen LogP contribution < -0.4 is 0 Å². The fourth-order valence-electron chi connectivity index (χ4n) is 2.17. The van der Waals surface area contributed by atoms with Gasteiger partial charge in [0.05, 0.1) is 0 Å². The van der Waals surface area contributed by atoms with Gasteiger partial charge in [0.2, 0.25) is 0 Å². The lowest BCUT2D eigenvalue weighted by atomic mass is 10.1. The molecule has 0 amide bonds. The smallest absolute Gasteiger partial charge is 0.148 e. The van der Waals surface area contributed by atoms with Gasteiger partial charge >= 0.3 is 0 Å². The van der Waals surface area contributed by atoms with E-state index in [2.05, 4.69) is 24.0 Å². The Bertz CT molecular complexity index is 643. The molecular formula is C19H24N2O. The van der Waals surface area contributed by atoms with E-state index in [-0.39, 0.29) is 5.92 Å². The zero-order valence-electron chi connectivity index (χ0n) is 13.7. The first-order valence-corrected chi connectivity index (χ1v) is 7.83. The highest BCUT2D eigenvalue weighted by atomic mass is 16.1. The van der Waals surface area contributed by atoms with Crippen LogP contribution in [0.1, 0.15) is 50.8 Å². The highest BCUT2D eigenvalue weighted by molar-refractivity contribution is 5.86. The number of unbranched alkanes of at least 4 members (excludes halogenated alkanes) is 2. The minimum Gasteiger partial charge on any atom is -0.303 e. The quantitative estimate of drug-likeness (QED) is 0.587. The highest BCUT2D eigenvalue weighted by Gasteiger charge is 2.00. The van der Waals surface area contributed by atoms with E-state index >= 15 is 0 Å². The van der Waals surface area contributed by atoms with Crippen LogP contribution in [0.3, 0.4) is 0 Å². The summed E-state index contributed by atoms with van der Waals surface area (Å²) in [5, 5.41) is 10.8. The van der Waals surface area contributed by atoms with Gasteiger partial charge in [0, 0.05) is 17.5 Å². The number of aldehydes is 1. The first-order valence-electron chi connectivity index (χ1n) is 7.83. The fourth-order valence-corrected chi connectivity index (χ4v) is 2.17. The third-order valence-electron chi connectivity index (χ3n) is 3.52. The fraction of sp³-hybridized carbons (Fsp3) is 0.421. The third kappa shape index (κ3) is 5.65. The zero-order chi connectivity index (χ0) is 16.4. The van der Waals surface area contributed by atoms with E-state index in [1.807, 2.05) is 32.0 Å². The SMILES string of the molecule is CCCCCC(C)C=O.Cc1ccc2c(C#N)nccc2c1. The minimum absolute atomic E-state index is 0.275. The van der Waals surface area contributed by atoms with Crippen LogP contribution in [0.4, 0.5) is 0 Å². The molecule has 2 rings (SSSR count). The Morgan fingerprint density at radius 2 is 2.09 bits per heavy atom. The maximum Gasteiger partial charge on any atom is 0.148 e. The number of rotatable bonds is 5. The predicted octanol–water partition coefficient (Wildman–Crippen LogP) is 4.82. The van der Waals surface area contributed by atoms with Crippen molar-refractivity contribution < 1.29 is 4.79 Å². The van der Waals surface area contributed by atoms with Gasteiger partial charge in [-0.3, -0.25) is 0 Å². The predicted molar refractivity (Wildman–Crippen MR) is 90.6 cm³/mol. The molecule has 0 radical (unpaired) electrons. The maximum absolute atomic E-state index is 10.1. The molecule has 0 N–H and O–H groups in total. The van der Waals surface area contributed by atoms with Gasteiger partial charge in [-0.15, -0.1) is 0 Å². The topological polar surface area (TPSA) is 53.8 Å². The molecule has 0 saturated heterocycles. The van der Waals surface area contributed by atoms with Crippen LogP contribution in [-0.2, 0) is 4.79 Å². The first-order chi connectivity index (χ1) is 10.6. The number of nitriles is 1. The summed E-state index contributed by atoms with van der Waals surface area (Å²) in [7, 11) is 0. The van der Waals surface area contributed by atoms with Crippen molar-refractivity contribution in [1.29, 1.82) is 5.26 Å². The van der Waals surface area contributed by atoms with Crippen LogP contribution in [0, 0.1) is 24.2 Å². The molecule has 0 aliphatic carbocycles. The molecule has 3 nitrogen and oxygen atoms in total. The number of hydrogen-bond donors (Lipinski definition) is 0. The Morgan fingerprint density at radius 1 is 1.32 bits per heavy atom. The summed E-state index contributed by atoms with van der Waals surface area (Å²) in [6, 6.07) is 9.98. The molecule has 3 heteroatoms. The molecule has 1 atom stereocenters. The van der Waals surface area contributed by atoms with E-state index < -0.39 is 0 Å². The van der Waals surface area contributed by atoms with Crippen molar-refractivity contribution >= 4 is 17.1 Å². The Labute approximate surface area is 133 Å². The average Bonchev–Trinajstić information content (AvgIpc) is 2.54.